The van der Waals surface area contributed by atoms with Gasteiger partial charge >= 0.3 is 21.3 Å². The Balaban J connectivity index is 2.15. The van der Waals surface area contributed by atoms with Crippen molar-refractivity contribution >= 4 is 49.8 Å². The average molecular weight is 467 g/mol. The van der Waals surface area contributed by atoms with Crippen LogP contribution in [-0.4, -0.2) is 28.8 Å². The second-order valence-corrected chi connectivity index (χ2v) is 7.52. The molecule has 0 aliphatic rings. The highest BCUT2D eigenvalue weighted by Crippen LogP contribution is 2.37. The normalized spacial score (nSPS) is 12.0. The molecule has 0 aliphatic carbocycles. The Morgan fingerprint density at radius 3 is 2.50 bits per heavy atom. The van der Waals surface area contributed by atoms with Crippen LogP contribution < -0.4 is 9.50 Å². The molecule has 30 heavy (non-hydrogen) atoms. The lowest BCUT2D eigenvalue weighted by atomic mass is 10.2. The monoisotopic (exact) mass is 466 g/mol. The fraction of sp³-hybridized carbons (Fsp3) is 0.0667. The van der Waals surface area contributed by atoms with Gasteiger partial charge in [-0.1, -0.05) is 11.6 Å². The van der Waals surface area contributed by atoms with Gasteiger partial charge in [-0.3, -0.25) is 10.1 Å². The molecule has 158 valence electrons. The number of benzene rings is 2. The minimum atomic E-state index is -6.17. The number of fused-ring (bicyclic) bond motifs is 1. The van der Waals surface area contributed by atoms with Crippen LogP contribution in [0.1, 0.15) is 0 Å². The van der Waals surface area contributed by atoms with Gasteiger partial charge in [0, 0.05) is 17.2 Å². The Morgan fingerprint density at radius 1 is 1.17 bits per heavy atom. The number of rotatable bonds is 5. The molecule has 2 aromatic carbocycles. The van der Waals surface area contributed by atoms with Crippen molar-refractivity contribution in [3.63, 3.8) is 0 Å². The first-order valence-electron chi connectivity index (χ1n) is 7.55. The molecule has 9 nitrogen and oxygen atoms in total. The quantitative estimate of drug-likeness (QED) is 0.194. The third-order valence-corrected chi connectivity index (χ3v) is 4.78. The van der Waals surface area contributed by atoms with E-state index in [9.17, 15) is 36.1 Å². The van der Waals surface area contributed by atoms with Crippen LogP contribution in [-0.2, 0) is 10.1 Å². The van der Waals surface area contributed by atoms with Gasteiger partial charge < -0.3 is 9.50 Å². The van der Waals surface area contributed by atoms with E-state index in [1.165, 1.54) is 12.1 Å². The molecule has 0 radical (unpaired) electrons. The van der Waals surface area contributed by atoms with Crippen molar-refractivity contribution in [1.82, 2.24) is 9.97 Å². The van der Waals surface area contributed by atoms with Crippen LogP contribution in [0, 0.1) is 15.9 Å². The van der Waals surface area contributed by atoms with E-state index in [1.807, 2.05) is 0 Å². The van der Waals surface area contributed by atoms with Crippen molar-refractivity contribution in [3.05, 3.63) is 57.6 Å². The highest BCUT2D eigenvalue weighted by atomic mass is 35.5. The van der Waals surface area contributed by atoms with Gasteiger partial charge in [-0.15, -0.1) is 0 Å². The molecule has 0 aliphatic heterocycles. The third-order valence-electron chi connectivity index (χ3n) is 3.58. The first kappa shape index (κ1) is 21.4. The molecule has 0 saturated carbocycles. The van der Waals surface area contributed by atoms with Crippen LogP contribution in [0.15, 0.2) is 36.7 Å². The maximum absolute atomic E-state index is 14.0. The molecular formula is C15H7ClF4N4O5S. The number of nitro groups is 1. The molecule has 3 rings (SSSR count). The first-order chi connectivity index (χ1) is 13.9. The van der Waals surface area contributed by atoms with Crippen molar-refractivity contribution in [1.29, 1.82) is 0 Å². The lowest BCUT2D eigenvalue weighted by molar-refractivity contribution is -0.385. The molecule has 0 bridgehead atoms. The number of nitrogens with one attached hydrogen (secondary N) is 1. The zero-order valence-corrected chi connectivity index (χ0v) is 15.7. The number of alkyl halides is 3. The summed E-state index contributed by atoms with van der Waals surface area (Å²) in [6, 6.07) is 4.84. The highest BCUT2D eigenvalue weighted by molar-refractivity contribution is 7.88. The van der Waals surface area contributed by atoms with Crippen molar-refractivity contribution in [2.75, 3.05) is 5.32 Å². The Hall–Kier alpha value is -3.26. The van der Waals surface area contributed by atoms with Crippen molar-refractivity contribution < 1.29 is 35.1 Å². The summed E-state index contributed by atoms with van der Waals surface area (Å²) in [7, 11) is -6.17. The zero-order valence-electron chi connectivity index (χ0n) is 14.1. The number of hydrogen-bond donors (Lipinski definition) is 1. The van der Waals surface area contributed by atoms with Gasteiger partial charge in [-0.2, -0.15) is 21.6 Å². The smallest absolute Gasteiger partial charge is 0.369 e. The SMILES string of the molecule is O=[N+]([O-])c1cc2c(Nc3cc(Cl)ccc3F)ncnc2cc1OS(=O)(=O)C(F)(F)F. The second kappa shape index (κ2) is 7.53. The second-order valence-electron chi connectivity index (χ2n) is 5.55. The van der Waals surface area contributed by atoms with Gasteiger partial charge in [0.05, 0.1) is 21.5 Å². The molecule has 0 amide bonds. The first-order valence-corrected chi connectivity index (χ1v) is 9.33. The van der Waals surface area contributed by atoms with Crippen LogP contribution >= 0.6 is 11.6 Å². The maximum Gasteiger partial charge on any atom is 0.534 e. The van der Waals surface area contributed by atoms with Crippen LogP contribution in [0.5, 0.6) is 5.75 Å². The lowest BCUT2D eigenvalue weighted by Crippen LogP contribution is -2.28. The maximum atomic E-state index is 14.0. The summed E-state index contributed by atoms with van der Waals surface area (Å²) in [5.74, 6) is -2.10. The molecule has 1 heterocycles. The van der Waals surface area contributed by atoms with Gasteiger partial charge in [0.25, 0.3) is 0 Å². The topological polar surface area (TPSA) is 124 Å². The zero-order chi connectivity index (χ0) is 22.3. The summed E-state index contributed by atoms with van der Waals surface area (Å²) in [5, 5.41) is 13.9. The Bertz CT molecular complexity index is 1270. The van der Waals surface area contributed by atoms with Gasteiger partial charge in [-0.05, 0) is 18.2 Å². The number of hydrogen-bond acceptors (Lipinski definition) is 8. The number of anilines is 2. The average Bonchev–Trinajstić information content (AvgIpc) is 2.63. The fourth-order valence-electron chi connectivity index (χ4n) is 2.27. The molecule has 1 N–H and O–H groups in total. The number of nitrogens with zero attached hydrogens (tertiary/aromatic N) is 3. The van der Waals surface area contributed by atoms with Crippen molar-refractivity contribution in [3.8, 4) is 5.75 Å². The van der Waals surface area contributed by atoms with Crippen LogP contribution in [0.4, 0.5) is 34.8 Å². The van der Waals surface area contributed by atoms with Crippen molar-refractivity contribution in [2.24, 2.45) is 0 Å². The number of halogens is 5. The Morgan fingerprint density at radius 2 is 1.87 bits per heavy atom. The molecular weight excluding hydrogens is 460 g/mol. The summed E-state index contributed by atoms with van der Waals surface area (Å²) in [4.78, 5) is 17.7. The summed E-state index contributed by atoms with van der Waals surface area (Å²) < 4.78 is 78.1. The third kappa shape index (κ3) is 4.18. The standard InChI is InChI=1S/C15H7ClF4N4O5S/c16-7-1-2-9(17)11(3-7)23-14-8-4-12(24(25)26)13(5-10(8)21-6-22-14)29-30(27,28)15(18,19)20/h1-6H,(H,21,22,23). The van der Waals surface area contributed by atoms with Gasteiger partial charge in [-0.25, -0.2) is 14.4 Å². The summed E-state index contributed by atoms with van der Waals surface area (Å²) in [6.07, 6.45) is 0.918. The van der Waals surface area contributed by atoms with Gasteiger partial charge in [0.2, 0.25) is 5.75 Å². The van der Waals surface area contributed by atoms with Crippen LogP contribution in [0.25, 0.3) is 10.9 Å². The van der Waals surface area contributed by atoms with E-state index < -0.39 is 37.8 Å². The summed E-state index contributed by atoms with van der Waals surface area (Å²) in [5.41, 5.74) is -7.28. The number of aromatic nitrogens is 2. The van der Waals surface area contributed by atoms with Crippen LogP contribution in [0.3, 0.4) is 0 Å². The Kier molecular flexibility index (Phi) is 5.38. The largest absolute Gasteiger partial charge is 0.534 e. The van der Waals surface area contributed by atoms with E-state index in [-0.39, 0.29) is 27.4 Å². The minimum Gasteiger partial charge on any atom is -0.369 e. The minimum absolute atomic E-state index is 0.125. The highest BCUT2D eigenvalue weighted by Gasteiger charge is 2.49. The summed E-state index contributed by atoms with van der Waals surface area (Å²) >= 11 is 5.79. The molecule has 0 unspecified atom stereocenters. The van der Waals surface area contributed by atoms with Crippen molar-refractivity contribution in [2.45, 2.75) is 5.51 Å². The predicted molar refractivity (Wildman–Crippen MR) is 96.5 cm³/mol. The molecule has 3 aromatic rings. The molecule has 0 spiro atoms. The lowest BCUT2D eigenvalue weighted by Gasteiger charge is -2.12. The van der Waals surface area contributed by atoms with E-state index in [4.69, 9.17) is 11.6 Å². The molecule has 1 aromatic heterocycles. The van der Waals surface area contributed by atoms with E-state index in [1.54, 1.807) is 0 Å². The molecule has 0 atom stereocenters. The van der Waals surface area contributed by atoms with E-state index in [2.05, 4.69) is 19.5 Å². The Labute approximate surface area is 169 Å². The van der Waals surface area contributed by atoms with Gasteiger partial charge in [0.15, 0.2) is 0 Å². The van der Waals surface area contributed by atoms with E-state index >= 15 is 0 Å². The van der Waals surface area contributed by atoms with Crippen LogP contribution in [0.2, 0.25) is 5.02 Å². The molecule has 0 fully saturated rings. The predicted octanol–water partition coefficient (Wildman–Crippen LogP) is 4.30. The van der Waals surface area contributed by atoms with E-state index in [0.717, 1.165) is 12.4 Å². The molecule has 15 heteroatoms. The summed E-state index contributed by atoms with van der Waals surface area (Å²) in [6.45, 7) is 0. The number of nitro benzene ring substituents is 1. The van der Waals surface area contributed by atoms with E-state index in [0.29, 0.717) is 12.1 Å². The fourth-order valence-corrected chi connectivity index (χ4v) is 2.90. The van der Waals surface area contributed by atoms with Gasteiger partial charge in [0.1, 0.15) is 18.0 Å². The molecule has 0 saturated heterocycles.